The third-order valence-corrected chi connectivity index (χ3v) is 2.81. The van der Waals surface area contributed by atoms with Crippen molar-refractivity contribution in [1.82, 2.24) is 9.97 Å². The van der Waals surface area contributed by atoms with Gasteiger partial charge in [0.2, 0.25) is 0 Å². The zero-order valence-corrected chi connectivity index (χ0v) is 10.7. The minimum Gasteiger partial charge on any atom is -0.385 e. The van der Waals surface area contributed by atoms with Gasteiger partial charge in [0, 0.05) is 18.8 Å². The van der Waals surface area contributed by atoms with Crippen molar-refractivity contribution in [2.45, 2.75) is 25.6 Å². The average molecular weight is 282 g/mol. The number of hydrogen-bond acceptors (Lipinski definition) is 3. The van der Waals surface area contributed by atoms with Crippen molar-refractivity contribution in [2.24, 2.45) is 0 Å². The molecule has 1 atom stereocenters. The maximum atomic E-state index is 12.4. The summed E-state index contributed by atoms with van der Waals surface area (Å²) in [7, 11) is 0. The van der Waals surface area contributed by atoms with Crippen LogP contribution in [0.25, 0.3) is 0 Å². The molecule has 2 rings (SSSR count). The van der Waals surface area contributed by atoms with Gasteiger partial charge in [0.05, 0.1) is 5.56 Å². The predicted octanol–water partition coefficient (Wildman–Crippen LogP) is 3.08. The maximum Gasteiger partial charge on any atom is 0.416 e. The molecule has 6 heteroatoms. The van der Waals surface area contributed by atoms with Gasteiger partial charge in [0.25, 0.3) is 0 Å². The zero-order valence-electron chi connectivity index (χ0n) is 10.7. The number of aliphatic hydroxyl groups is 1. The van der Waals surface area contributed by atoms with Gasteiger partial charge in [-0.25, -0.2) is 9.97 Å². The first-order valence-corrected chi connectivity index (χ1v) is 5.99. The third-order valence-electron chi connectivity index (χ3n) is 2.81. The fraction of sp³-hybridized carbons (Fsp3) is 0.286. The first-order chi connectivity index (χ1) is 9.36. The van der Waals surface area contributed by atoms with E-state index in [1.807, 2.05) is 6.92 Å². The Bertz CT molecular complexity index is 564. The first kappa shape index (κ1) is 14.5. The van der Waals surface area contributed by atoms with Crippen LogP contribution in [0.3, 0.4) is 0 Å². The van der Waals surface area contributed by atoms with Crippen LogP contribution in [0.15, 0.2) is 36.7 Å². The summed E-state index contributed by atoms with van der Waals surface area (Å²) in [5.41, 5.74) is 0.757. The van der Waals surface area contributed by atoms with Gasteiger partial charge in [0.15, 0.2) is 5.82 Å². The van der Waals surface area contributed by atoms with E-state index in [4.69, 9.17) is 0 Å². The summed E-state index contributed by atoms with van der Waals surface area (Å²) in [5, 5.41) is 9.95. The van der Waals surface area contributed by atoms with Crippen LogP contribution in [0.4, 0.5) is 13.2 Å². The molecule has 0 aliphatic carbocycles. The lowest BCUT2D eigenvalue weighted by atomic mass is 10.1. The highest BCUT2D eigenvalue weighted by Crippen LogP contribution is 2.29. The van der Waals surface area contributed by atoms with E-state index >= 15 is 0 Å². The third kappa shape index (κ3) is 3.54. The summed E-state index contributed by atoms with van der Waals surface area (Å²) < 4.78 is 37.2. The first-order valence-electron chi connectivity index (χ1n) is 5.99. The quantitative estimate of drug-likeness (QED) is 0.941. The highest BCUT2D eigenvalue weighted by Gasteiger charge is 2.30. The molecule has 2 aromatic rings. The summed E-state index contributed by atoms with van der Waals surface area (Å²) in [6.07, 6.45) is -1.96. The van der Waals surface area contributed by atoms with E-state index in [0.29, 0.717) is 5.56 Å². The lowest BCUT2D eigenvalue weighted by molar-refractivity contribution is -0.137. The fourth-order valence-corrected chi connectivity index (χ4v) is 1.72. The van der Waals surface area contributed by atoms with Crippen molar-refractivity contribution < 1.29 is 18.3 Å². The largest absolute Gasteiger partial charge is 0.416 e. The predicted molar refractivity (Wildman–Crippen MR) is 66.9 cm³/mol. The molecule has 0 saturated carbocycles. The molecule has 3 nitrogen and oxygen atoms in total. The molecule has 0 fully saturated rings. The molecule has 1 unspecified atom stereocenters. The number of aryl methyl sites for hydroxylation is 1. The zero-order chi connectivity index (χ0) is 14.8. The van der Waals surface area contributed by atoms with Gasteiger partial charge in [-0.15, -0.1) is 0 Å². The fourth-order valence-electron chi connectivity index (χ4n) is 1.72. The van der Waals surface area contributed by atoms with E-state index in [9.17, 15) is 18.3 Å². The molecule has 0 bridgehead atoms. The van der Waals surface area contributed by atoms with Gasteiger partial charge < -0.3 is 5.11 Å². The number of nitrogens with zero attached hydrogens (tertiary/aromatic N) is 2. The minimum absolute atomic E-state index is 0.168. The Morgan fingerprint density at radius 3 is 2.15 bits per heavy atom. The van der Waals surface area contributed by atoms with Crippen LogP contribution >= 0.6 is 0 Å². The second-order valence-electron chi connectivity index (χ2n) is 4.53. The normalized spacial score (nSPS) is 13.2. The molecule has 0 amide bonds. The van der Waals surface area contributed by atoms with Crippen LogP contribution in [0.2, 0.25) is 0 Å². The van der Waals surface area contributed by atoms with Crippen LogP contribution in [0.1, 0.15) is 28.6 Å². The number of alkyl halides is 3. The molecule has 1 aromatic heterocycles. The molecule has 0 aliphatic heterocycles. The lowest BCUT2D eigenvalue weighted by Gasteiger charge is -2.11. The Morgan fingerprint density at radius 1 is 1.10 bits per heavy atom. The molecular formula is C14H13F3N2O. The Morgan fingerprint density at radius 2 is 1.65 bits per heavy atom. The Hall–Kier alpha value is -1.95. The maximum absolute atomic E-state index is 12.4. The second kappa shape index (κ2) is 5.58. The highest BCUT2D eigenvalue weighted by atomic mass is 19.4. The van der Waals surface area contributed by atoms with Gasteiger partial charge in [-0.05, 0) is 30.2 Å². The van der Waals surface area contributed by atoms with Crippen molar-refractivity contribution >= 4 is 0 Å². The van der Waals surface area contributed by atoms with Crippen LogP contribution in [-0.2, 0) is 12.6 Å². The molecule has 0 radical (unpaired) electrons. The number of aliphatic hydroxyl groups excluding tert-OH is 1. The van der Waals surface area contributed by atoms with Crippen molar-refractivity contribution in [3.8, 4) is 0 Å². The summed E-state index contributed by atoms with van der Waals surface area (Å²) in [5.74, 6) is 0.260. The molecule has 1 N–H and O–H groups in total. The second-order valence-corrected chi connectivity index (χ2v) is 4.53. The SMILES string of the molecule is Cc1cnc(C(O)Cc2ccc(C(F)(F)F)cc2)nc1. The van der Waals surface area contributed by atoms with Gasteiger partial charge in [-0.3, -0.25) is 0 Å². The van der Waals surface area contributed by atoms with Gasteiger partial charge in [0.1, 0.15) is 6.10 Å². The van der Waals surface area contributed by atoms with Crippen LogP contribution < -0.4 is 0 Å². The summed E-state index contributed by atoms with van der Waals surface area (Å²) in [6, 6.07) is 4.69. The van der Waals surface area contributed by atoms with Crippen molar-refractivity contribution in [2.75, 3.05) is 0 Å². The van der Waals surface area contributed by atoms with E-state index in [1.54, 1.807) is 12.4 Å². The Labute approximate surface area is 114 Å². The van der Waals surface area contributed by atoms with Crippen molar-refractivity contribution in [3.05, 3.63) is 59.2 Å². The molecule has 0 aliphatic rings. The van der Waals surface area contributed by atoms with Crippen LogP contribution in [0.5, 0.6) is 0 Å². The number of hydrogen-bond donors (Lipinski definition) is 1. The summed E-state index contributed by atoms with van der Waals surface area (Å²) in [6.45, 7) is 1.83. The highest BCUT2D eigenvalue weighted by molar-refractivity contribution is 5.25. The van der Waals surface area contributed by atoms with E-state index in [1.165, 1.54) is 12.1 Å². The van der Waals surface area contributed by atoms with Crippen molar-refractivity contribution in [3.63, 3.8) is 0 Å². The minimum atomic E-state index is -4.35. The molecule has 1 heterocycles. The standard InChI is InChI=1S/C14H13F3N2O/c1-9-7-18-13(19-8-9)12(20)6-10-2-4-11(5-3-10)14(15,16)17/h2-5,7-8,12,20H,6H2,1H3. The van der Waals surface area contributed by atoms with E-state index in [2.05, 4.69) is 9.97 Å². The topological polar surface area (TPSA) is 46.0 Å². The molecule has 20 heavy (non-hydrogen) atoms. The summed E-state index contributed by atoms with van der Waals surface area (Å²) >= 11 is 0. The van der Waals surface area contributed by atoms with E-state index < -0.39 is 17.8 Å². The van der Waals surface area contributed by atoms with Crippen LogP contribution in [0, 0.1) is 6.92 Å². The Kier molecular flexibility index (Phi) is 4.04. The number of halogens is 3. The molecule has 0 spiro atoms. The van der Waals surface area contributed by atoms with Gasteiger partial charge in [-0.1, -0.05) is 12.1 Å². The van der Waals surface area contributed by atoms with Gasteiger partial charge >= 0.3 is 6.18 Å². The lowest BCUT2D eigenvalue weighted by Crippen LogP contribution is -2.08. The molecule has 1 aromatic carbocycles. The number of aromatic nitrogens is 2. The molecule has 106 valence electrons. The van der Waals surface area contributed by atoms with E-state index in [-0.39, 0.29) is 12.2 Å². The summed E-state index contributed by atoms with van der Waals surface area (Å²) in [4.78, 5) is 7.98. The van der Waals surface area contributed by atoms with E-state index in [0.717, 1.165) is 17.7 Å². The average Bonchev–Trinajstić information content (AvgIpc) is 2.39. The Balaban J connectivity index is 2.08. The number of benzene rings is 1. The van der Waals surface area contributed by atoms with Crippen molar-refractivity contribution in [1.29, 1.82) is 0 Å². The molecule has 0 saturated heterocycles. The number of rotatable bonds is 3. The smallest absolute Gasteiger partial charge is 0.385 e. The molecular weight excluding hydrogens is 269 g/mol. The van der Waals surface area contributed by atoms with Crippen LogP contribution in [-0.4, -0.2) is 15.1 Å². The van der Waals surface area contributed by atoms with Gasteiger partial charge in [-0.2, -0.15) is 13.2 Å². The monoisotopic (exact) mass is 282 g/mol.